The van der Waals surface area contributed by atoms with Crippen molar-refractivity contribution in [3.63, 3.8) is 0 Å². The highest BCUT2D eigenvalue weighted by Gasteiger charge is 2.14. The lowest BCUT2D eigenvalue weighted by Crippen LogP contribution is -2.29. The van der Waals surface area contributed by atoms with Crippen LogP contribution >= 0.6 is 0 Å². The molecule has 1 aliphatic rings. The number of carbonyl (C=O) groups is 1. The monoisotopic (exact) mass is 352 g/mol. The molecule has 0 amide bonds. The van der Waals surface area contributed by atoms with Gasteiger partial charge in [0.15, 0.2) is 0 Å². The fourth-order valence-corrected chi connectivity index (χ4v) is 2.96. The Morgan fingerprint density at radius 3 is 2.73 bits per heavy atom. The van der Waals surface area contributed by atoms with Gasteiger partial charge in [-0.1, -0.05) is 12.1 Å². The first-order valence-electron chi connectivity index (χ1n) is 9.04. The predicted molar refractivity (Wildman–Crippen MR) is 103 cm³/mol. The molecule has 0 atom stereocenters. The number of piperidine rings is 1. The molecule has 3 rings (SSSR count). The Bertz CT molecular complexity index is 753. The van der Waals surface area contributed by atoms with Crippen LogP contribution in [0.15, 0.2) is 42.7 Å². The number of carbonyl (C=O) groups excluding carboxylic acids is 1. The summed E-state index contributed by atoms with van der Waals surface area (Å²) in [5, 5.41) is 3.35. The molecule has 2 aromatic rings. The standard InChI is InChI=1S/C20H24N4O2/c1-2-26-20(25)11-10-16-14-22-19(15-21-16)23-17-8-4-5-9-18(17)24-12-6-3-7-13-24/h4-5,8-11,14-15H,2-3,6-7,12-13H2,1H3,(H,22,23)/b11-10+. The number of para-hydroxylation sites is 2. The zero-order valence-corrected chi connectivity index (χ0v) is 15.0. The van der Waals surface area contributed by atoms with E-state index >= 15 is 0 Å². The van der Waals surface area contributed by atoms with Crippen LogP contribution in [0, 0.1) is 0 Å². The van der Waals surface area contributed by atoms with Crippen molar-refractivity contribution in [2.24, 2.45) is 0 Å². The quantitative estimate of drug-likeness (QED) is 0.630. The third kappa shape index (κ3) is 4.81. The van der Waals surface area contributed by atoms with Crippen LogP contribution in [0.3, 0.4) is 0 Å². The second-order valence-electron chi connectivity index (χ2n) is 6.10. The fraction of sp³-hybridized carbons (Fsp3) is 0.350. The summed E-state index contributed by atoms with van der Waals surface area (Å²) in [7, 11) is 0. The number of benzene rings is 1. The summed E-state index contributed by atoms with van der Waals surface area (Å²) in [5.74, 6) is 0.287. The van der Waals surface area contributed by atoms with Crippen molar-refractivity contribution >= 4 is 29.2 Å². The Kier molecular flexibility index (Phi) is 6.19. The van der Waals surface area contributed by atoms with E-state index in [0.29, 0.717) is 18.1 Å². The van der Waals surface area contributed by atoms with Crippen LogP contribution in [0.4, 0.5) is 17.2 Å². The van der Waals surface area contributed by atoms with E-state index in [0.717, 1.165) is 18.8 Å². The third-order valence-electron chi connectivity index (χ3n) is 4.21. The first-order chi connectivity index (χ1) is 12.8. The molecule has 2 heterocycles. The van der Waals surface area contributed by atoms with Crippen molar-refractivity contribution in [2.45, 2.75) is 26.2 Å². The molecule has 0 unspecified atom stereocenters. The van der Waals surface area contributed by atoms with Crippen LogP contribution in [-0.4, -0.2) is 35.6 Å². The van der Waals surface area contributed by atoms with Gasteiger partial charge in [0.05, 0.1) is 36.1 Å². The van der Waals surface area contributed by atoms with Crippen LogP contribution < -0.4 is 10.2 Å². The lowest BCUT2D eigenvalue weighted by atomic mass is 10.1. The van der Waals surface area contributed by atoms with Crippen LogP contribution in [0.2, 0.25) is 0 Å². The second kappa shape index (κ2) is 8.99. The van der Waals surface area contributed by atoms with E-state index in [4.69, 9.17) is 4.74 Å². The first kappa shape index (κ1) is 17.9. The number of ether oxygens (including phenoxy) is 1. The Morgan fingerprint density at radius 1 is 1.19 bits per heavy atom. The SMILES string of the molecule is CCOC(=O)/C=C/c1cnc(Nc2ccccc2N2CCCCC2)cn1. The maximum atomic E-state index is 11.3. The number of hydrogen-bond acceptors (Lipinski definition) is 6. The molecule has 6 heteroatoms. The molecule has 1 aromatic carbocycles. The van der Waals surface area contributed by atoms with Crippen LogP contribution in [0.1, 0.15) is 31.9 Å². The van der Waals surface area contributed by atoms with E-state index in [-0.39, 0.29) is 5.97 Å². The van der Waals surface area contributed by atoms with Crippen molar-refractivity contribution in [1.82, 2.24) is 9.97 Å². The molecule has 1 aliphatic heterocycles. The van der Waals surface area contributed by atoms with Gasteiger partial charge in [0, 0.05) is 19.2 Å². The molecule has 6 nitrogen and oxygen atoms in total. The van der Waals surface area contributed by atoms with Crippen molar-refractivity contribution in [1.29, 1.82) is 0 Å². The number of nitrogens with one attached hydrogen (secondary N) is 1. The zero-order valence-electron chi connectivity index (χ0n) is 15.0. The summed E-state index contributed by atoms with van der Waals surface area (Å²) in [6, 6.07) is 8.27. The first-order valence-corrected chi connectivity index (χ1v) is 9.04. The van der Waals surface area contributed by atoms with Crippen molar-refractivity contribution in [3.05, 3.63) is 48.4 Å². The van der Waals surface area contributed by atoms with E-state index in [1.165, 1.54) is 31.0 Å². The summed E-state index contributed by atoms with van der Waals surface area (Å²) < 4.78 is 4.85. The van der Waals surface area contributed by atoms with Crippen LogP contribution in [0.25, 0.3) is 6.08 Å². The Hall–Kier alpha value is -2.89. The highest BCUT2D eigenvalue weighted by Crippen LogP contribution is 2.29. The van der Waals surface area contributed by atoms with E-state index < -0.39 is 0 Å². The van der Waals surface area contributed by atoms with E-state index in [2.05, 4.69) is 38.4 Å². The maximum absolute atomic E-state index is 11.3. The minimum atomic E-state index is -0.382. The van der Waals surface area contributed by atoms with Crippen molar-refractivity contribution in [2.75, 3.05) is 29.9 Å². The number of nitrogens with zero attached hydrogens (tertiary/aromatic N) is 3. The van der Waals surface area contributed by atoms with Gasteiger partial charge in [0.1, 0.15) is 5.82 Å². The Labute approximate surface area is 153 Å². The normalized spacial score (nSPS) is 14.4. The molecule has 1 saturated heterocycles. The predicted octanol–water partition coefficient (Wildman–Crippen LogP) is 3.79. The number of anilines is 3. The molecule has 0 saturated carbocycles. The third-order valence-corrected chi connectivity index (χ3v) is 4.21. The molecule has 136 valence electrons. The number of esters is 1. The van der Waals surface area contributed by atoms with Gasteiger partial charge < -0.3 is 15.0 Å². The molecule has 1 N–H and O–H groups in total. The lowest BCUT2D eigenvalue weighted by molar-refractivity contribution is -0.137. The summed E-state index contributed by atoms with van der Waals surface area (Å²) in [4.78, 5) is 22.5. The molecular weight excluding hydrogens is 328 g/mol. The van der Waals surface area contributed by atoms with Gasteiger partial charge in [-0.3, -0.25) is 4.98 Å². The Balaban J connectivity index is 1.69. The van der Waals surface area contributed by atoms with Crippen molar-refractivity contribution < 1.29 is 9.53 Å². The van der Waals surface area contributed by atoms with E-state index in [1.54, 1.807) is 25.4 Å². The van der Waals surface area contributed by atoms with E-state index in [1.807, 2.05) is 6.07 Å². The summed E-state index contributed by atoms with van der Waals surface area (Å²) >= 11 is 0. The fourth-order valence-electron chi connectivity index (χ4n) is 2.96. The molecule has 0 aliphatic carbocycles. The number of rotatable bonds is 6. The van der Waals surface area contributed by atoms with Gasteiger partial charge in [0.25, 0.3) is 0 Å². The maximum Gasteiger partial charge on any atom is 0.330 e. The molecular formula is C20H24N4O2. The van der Waals surface area contributed by atoms with Crippen LogP contribution in [0.5, 0.6) is 0 Å². The molecule has 26 heavy (non-hydrogen) atoms. The van der Waals surface area contributed by atoms with Crippen molar-refractivity contribution in [3.8, 4) is 0 Å². The summed E-state index contributed by atoms with van der Waals surface area (Å²) in [5.41, 5.74) is 2.83. The molecule has 0 radical (unpaired) electrons. The zero-order chi connectivity index (χ0) is 18.2. The summed E-state index contributed by atoms with van der Waals surface area (Å²) in [6.07, 6.45) is 10.0. The average molecular weight is 352 g/mol. The summed E-state index contributed by atoms with van der Waals surface area (Å²) in [6.45, 7) is 4.30. The van der Waals surface area contributed by atoms with Gasteiger partial charge in [-0.2, -0.15) is 0 Å². The minimum absolute atomic E-state index is 0.355. The highest BCUT2D eigenvalue weighted by atomic mass is 16.5. The second-order valence-corrected chi connectivity index (χ2v) is 6.10. The highest BCUT2D eigenvalue weighted by molar-refractivity contribution is 5.86. The van der Waals surface area contributed by atoms with Gasteiger partial charge in [-0.15, -0.1) is 0 Å². The smallest absolute Gasteiger partial charge is 0.330 e. The Morgan fingerprint density at radius 2 is 2.00 bits per heavy atom. The van der Waals surface area contributed by atoms with Crippen LogP contribution in [-0.2, 0) is 9.53 Å². The lowest BCUT2D eigenvalue weighted by Gasteiger charge is -2.30. The number of aromatic nitrogens is 2. The molecule has 0 bridgehead atoms. The number of hydrogen-bond donors (Lipinski definition) is 1. The minimum Gasteiger partial charge on any atom is -0.463 e. The van der Waals surface area contributed by atoms with Gasteiger partial charge in [0.2, 0.25) is 0 Å². The van der Waals surface area contributed by atoms with E-state index in [9.17, 15) is 4.79 Å². The molecule has 1 aromatic heterocycles. The van der Waals surface area contributed by atoms with Gasteiger partial charge in [-0.25, -0.2) is 9.78 Å². The molecule has 1 fully saturated rings. The largest absolute Gasteiger partial charge is 0.463 e. The molecule has 0 spiro atoms. The average Bonchev–Trinajstić information content (AvgIpc) is 2.69. The topological polar surface area (TPSA) is 67.3 Å². The van der Waals surface area contributed by atoms with Gasteiger partial charge >= 0.3 is 5.97 Å². The van der Waals surface area contributed by atoms with Gasteiger partial charge in [-0.05, 0) is 44.4 Å².